The van der Waals surface area contributed by atoms with E-state index in [4.69, 9.17) is 0 Å². The van der Waals surface area contributed by atoms with E-state index in [0.717, 1.165) is 18.5 Å². The highest BCUT2D eigenvalue weighted by Gasteiger charge is 2.29. The maximum Gasteiger partial charge on any atom is 0.115 e. The van der Waals surface area contributed by atoms with Crippen LogP contribution in [0.4, 0.5) is 4.39 Å². The standard InChI is InChI=1S/C10H13FN2/c11-9-1-2-10(9)13-7-8-3-5-12-6-4-8/h3-6,9-10,13H,1-2,7H2. The maximum absolute atomic E-state index is 12.8. The summed E-state index contributed by atoms with van der Waals surface area (Å²) in [4.78, 5) is 3.92. The van der Waals surface area contributed by atoms with Crippen molar-refractivity contribution in [2.75, 3.05) is 0 Å². The Hall–Kier alpha value is -0.960. The first kappa shape index (κ1) is 8.63. The number of pyridine rings is 1. The fourth-order valence-corrected chi connectivity index (χ4v) is 1.44. The minimum absolute atomic E-state index is 0.0770. The molecule has 0 amide bonds. The summed E-state index contributed by atoms with van der Waals surface area (Å²) in [6, 6.07) is 3.96. The quantitative estimate of drug-likeness (QED) is 0.765. The molecule has 1 aliphatic rings. The number of hydrogen-bond donors (Lipinski definition) is 1. The van der Waals surface area contributed by atoms with Crippen LogP contribution in [0.15, 0.2) is 24.5 Å². The number of alkyl halides is 1. The fourth-order valence-electron chi connectivity index (χ4n) is 1.44. The van der Waals surface area contributed by atoms with Gasteiger partial charge >= 0.3 is 0 Å². The van der Waals surface area contributed by atoms with Gasteiger partial charge in [0.25, 0.3) is 0 Å². The minimum Gasteiger partial charge on any atom is -0.307 e. The Morgan fingerprint density at radius 3 is 2.69 bits per heavy atom. The number of rotatable bonds is 3. The van der Waals surface area contributed by atoms with Gasteiger partial charge in [-0.15, -0.1) is 0 Å². The van der Waals surface area contributed by atoms with Crippen LogP contribution < -0.4 is 5.32 Å². The molecule has 0 spiro atoms. The van der Waals surface area contributed by atoms with Crippen LogP contribution >= 0.6 is 0 Å². The van der Waals surface area contributed by atoms with Crippen molar-refractivity contribution in [1.29, 1.82) is 0 Å². The summed E-state index contributed by atoms with van der Waals surface area (Å²) in [6.07, 6.45) is 4.55. The number of halogens is 1. The normalized spacial score (nSPS) is 26.8. The molecule has 1 aliphatic carbocycles. The zero-order valence-corrected chi connectivity index (χ0v) is 7.41. The summed E-state index contributed by atoms with van der Waals surface area (Å²) in [5, 5.41) is 3.18. The molecule has 1 saturated carbocycles. The first-order valence-corrected chi connectivity index (χ1v) is 4.62. The lowest BCUT2D eigenvalue weighted by molar-refractivity contribution is 0.141. The van der Waals surface area contributed by atoms with E-state index in [9.17, 15) is 4.39 Å². The van der Waals surface area contributed by atoms with Crippen molar-refractivity contribution in [2.24, 2.45) is 0 Å². The lowest BCUT2D eigenvalue weighted by Crippen LogP contribution is -2.44. The Balaban J connectivity index is 1.80. The third kappa shape index (κ3) is 2.04. The van der Waals surface area contributed by atoms with Crippen LogP contribution in [0.3, 0.4) is 0 Å². The van der Waals surface area contributed by atoms with Crippen molar-refractivity contribution in [2.45, 2.75) is 31.6 Å². The number of nitrogens with zero attached hydrogens (tertiary/aromatic N) is 1. The molecule has 13 heavy (non-hydrogen) atoms. The Kier molecular flexibility index (Phi) is 2.54. The van der Waals surface area contributed by atoms with Gasteiger partial charge in [-0.05, 0) is 30.5 Å². The smallest absolute Gasteiger partial charge is 0.115 e. The molecular weight excluding hydrogens is 167 g/mol. The molecule has 1 N–H and O–H groups in total. The van der Waals surface area contributed by atoms with E-state index in [1.54, 1.807) is 12.4 Å². The minimum atomic E-state index is -0.637. The Morgan fingerprint density at radius 1 is 1.38 bits per heavy atom. The highest BCUT2D eigenvalue weighted by Crippen LogP contribution is 2.23. The van der Waals surface area contributed by atoms with Crippen LogP contribution in [0.1, 0.15) is 18.4 Å². The van der Waals surface area contributed by atoms with Gasteiger partial charge in [-0.25, -0.2) is 4.39 Å². The van der Waals surface area contributed by atoms with Gasteiger partial charge in [0.1, 0.15) is 6.17 Å². The summed E-state index contributed by atoms with van der Waals surface area (Å²) in [5.41, 5.74) is 1.16. The molecule has 2 unspecified atom stereocenters. The van der Waals surface area contributed by atoms with Gasteiger partial charge in [-0.2, -0.15) is 0 Å². The molecule has 2 nitrogen and oxygen atoms in total. The van der Waals surface area contributed by atoms with Gasteiger partial charge in [-0.3, -0.25) is 4.98 Å². The molecule has 1 fully saturated rings. The number of hydrogen-bond acceptors (Lipinski definition) is 2. The predicted molar refractivity (Wildman–Crippen MR) is 49.0 cm³/mol. The summed E-state index contributed by atoms with van der Waals surface area (Å²) >= 11 is 0. The lowest BCUT2D eigenvalue weighted by Gasteiger charge is -2.31. The summed E-state index contributed by atoms with van der Waals surface area (Å²) in [7, 11) is 0. The van der Waals surface area contributed by atoms with E-state index in [1.807, 2.05) is 12.1 Å². The predicted octanol–water partition coefficient (Wildman–Crippen LogP) is 1.67. The largest absolute Gasteiger partial charge is 0.307 e. The van der Waals surface area contributed by atoms with Crippen molar-refractivity contribution in [3.63, 3.8) is 0 Å². The van der Waals surface area contributed by atoms with E-state index >= 15 is 0 Å². The summed E-state index contributed by atoms with van der Waals surface area (Å²) in [5.74, 6) is 0. The van der Waals surface area contributed by atoms with Gasteiger partial charge in [0.15, 0.2) is 0 Å². The zero-order valence-electron chi connectivity index (χ0n) is 7.41. The number of nitrogens with one attached hydrogen (secondary N) is 1. The second-order valence-electron chi connectivity index (χ2n) is 3.44. The van der Waals surface area contributed by atoms with E-state index in [2.05, 4.69) is 10.3 Å². The summed E-state index contributed by atoms with van der Waals surface area (Å²) < 4.78 is 12.8. The average molecular weight is 180 g/mol. The second kappa shape index (κ2) is 3.83. The first-order chi connectivity index (χ1) is 6.36. The molecule has 70 valence electrons. The molecule has 0 radical (unpaired) electrons. The van der Waals surface area contributed by atoms with E-state index in [1.165, 1.54) is 0 Å². The molecule has 0 bridgehead atoms. The molecule has 2 atom stereocenters. The molecule has 0 saturated heterocycles. The molecule has 0 aliphatic heterocycles. The highest BCUT2D eigenvalue weighted by molar-refractivity contribution is 5.09. The van der Waals surface area contributed by atoms with Gasteiger partial charge < -0.3 is 5.32 Å². The average Bonchev–Trinajstić information content (AvgIpc) is 2.17. The molecule has 1 heterocycles. The van der Waals surface area contributed by atoms with Crippen molar-refractivity contribution >= 4 is 0 Å². The first-order valence-electron chi connectivity index (χ1n) is 4.62. The Morgan fingerprint density at radius 2 is 2.15 bits per heavy atom. The van der Waals surface area contributed by atoms with Crippen molar-refractivity contribution < 1.29 is 4.39 Å². The SMILES string of the molecule is FC1CCC1NCc1ccncc1. The fraction of sp³-hybridized carbons (Fsp3) is 0.500. The third-order valence-corrected chi connectivity index (χ3v) is 2.51. The van der Waals surface area contributed by atoms with Gasteiger partial charge in [0.05, 0.1) is 0 Å². The van der Waals surface area contributed by atoms with Crippen molar-refractivity contribution in [1.82, 2.24) is 10.3 Å². The maximum atomic E-state index is 12.8. The van der Waals surface area contributed by atoms with Crippen LogP contribution in [-0.2, 0) is 6.54 Å². The molecule has 0 aromatic carbocycles. The lowest BCUT2D eigenvalue weighted by atomic mass is 9.90. The van der Waals surface area contributed by atoms with Gasteiger partial charge in [-0.1, -0.05) is 0 Å². The van der Waals surface area contributed by atoms with E-state index in [0.29, 0.717) is 6.42 Å². The van der Waals surface area contributed by atoms with E-state index in [-0.39, 0.29) is 6.04 Å². The van der Waals surface area contributed by atoms with Crippen LogP contribution in [0.25, 0.3) is 0 Å². The molecule has 3 heteroatoms. The van der Waals surface area contributed by atoms with Crippen molar-refractivity contribution in [3.05, 3.63) is 30.1 Å². The topological polar surface area (TPSA) is 24.9 Å². The van der Waals surface area contributed by atoms with Crippen LogP contribution in [-0.4, -0.2) is 17.2 Å². The monoisotopic (exact) mass is 180 g/mol. The zero-order chi connectivity index (χ0) is 9.10. The highest BCUT2D eigenvalue weighted by atomic mass is 19.1. The van der Waals surface area contributed by atoms with Gasteiger partial charge in [0, 0.05) is 25.0 Å². The Bertz CT molecular complexity index is 263. The Labute approximate surface area is 77.2 Å². The van der Waals surface area contributed by atoms with Crippen molar-refractivity contribution in [3.8, 4) is 0 Å². The van der Waals surface area contributed by atoms with E-state index < -0.39 is 6.17 Å². The second-order valence-corrected chi connectivity index (χ2v) is 3.44. The summed E-state index contributed by atoms with van der Waals surface area (Å²) in [6.45, 7) is 0.744. The van der Waals surface area contributed by atoms with Crippen LogP contribution in [0.5, 0.6) is 0 Å². The molecule has 1 aromatic rings. The molecule has 1 aromatic heterocycles. The van der Waals surface area contributed by atoms with Gasteiger partial charge in [0.2, 0.25) is 0 Å². The number of aromatic nitrogens is 1. The molecular formula is C10H13FN2. The third-order valence-electron chi connectivity index (χ3n) is 2.51. The van der Waals surface area contributed by atoms with Crippen LogP contribution in [0, 0.1) is 0 Å². The van der Waals surface area contributed by atoms with Crippen LogP contribution in [0.2, 0.25) is 0 Å². The molecule has 2 rings (SSSR count).